The Hall–Kier alpha value is -0.443. The molecule has 0 nitrogen and oxygen atoms in total. The number of fused-ring (bicyclic) bond motifs is 1. The molecule has 0 spiro atoms. The van der Waals surface area contributed by atoms with Crippen molar-refractivity contribution in [2.75, 3.05) is 0 Å². The van der Waals surface area contributed by atoms with E-state index in [1.807, 2.05) is 0 Å². The van der Waals surface area contributed by atoms with Crippen molar-refractivity contribution in [3.63, 3.8) is 0 Å². The summed E-state index contributed by atoms with van der Waals surface area (Å²) in [7, 11) is 0. The molecule has 1 aliphatic carbocycles. The van der Waals surface area contributed by atoms with Gasteiger partial charge in [-0.05, 0) is 0 Å². The maximum atomic E-state index is 2.30. The quantitative estimate of drug-likeness (QED) is 0.499. The second-order valence-corrected chi connectivity index (χ2v) is 3.74. The number of hydrogen-bond donors (Lipinski definition) is 0. The van der Waals surface area contributed by atoms with Gasteiger partial charge >= 0.3 is 82.7 Å². The van der Waals surface area contributed by atoms with Gasteiger partial charge in [-0.1, -0.05) is 0 Å². The molecule has 0 saturated heterocycles. The summed E-state index contributed by atoms with van der Waals surface area (Å²) in [6.07, 6.45) is 2.29. The fourth-order valence-corrected chi connectivity index (χ4v) is 1.82. The molecule has 1 heteroatoms. The zero-order chi connectivity index (χ0) is 8.72. The Morgan fingerprint density at radius 2 is 2.08 bits per heavy atom. The Balaban J connectivity index is 2.57. The van der Waals surface area contributed by atoms with Gasteiger partial charge in [0.15, 0.2) is 0 Å². The topological polar surface area (TPSA) is 0 Å². The van der Waals surface area contributed by atoms with Gasteiger partial charge in [0.25, 0.3) is 0 Å². The Morgan fingerprint density at radius 3 is 2.83 bits per heavy atom. The first kappa shape index (κ1) is 8.17. The third-order valence-electron chi connectivity index (χ3n) is 2.77. The molecule has 0 aromatic heterocycles. The third-order valence-corrected chi connectivity index (χ3v) is 2.77. The molecule has 0 bridgehead atoms. The maximum absolute atomic E-state index is 2.30. The van der Waals surface area contributed by atoms with Crippen LogP contribution in [0.4, 0.5) is 0 Å². The average Bonchev–Trinajstić information content (AvgIpc) is 2.31. The van der Waals surface area contributed by atoms with Crippen LogP contribution in [0.15, 0.2) is 22.4 Å². The van der Waals surface area contributed by atoms with E-state index in [1.54, 1.807) is 0 Å². The molecule has 2 rings (SSSR count). The minimum atomic E-state index is 0.625. The molecular formula is C11H11Li. The molecular weight excluding hydrogens is 139 g/mol. The van der Waals surface area contributed by atoms with Crippen molar-refractivity contribution in [3.05, 3.63) is 39.1 Å². The number of rotatable bonds is 0. The van der Waals surface area contributed by atoms with Crippen LogP contribution in [-0.4, -0.2) is 17.7 Å². The molecule has 12 heavy (non-hydrogen) atoms. The monoisotopic (exact) mass is 150 g/mol. The van der Waals surface area contributed by atoms with E-state index in [-0.39, 0.29) is 0 Å². The van der Waals surface area contributed by atoms with Crippen molar-refractivity contribution in [1.82, 2.24) is 0 Å². The molecule has 1 aromatic rings. The summed E-state index contributed by atoms with van der Waals surface area (Å²) in [6, 6.07) is 6.70. The van der Waals surface area contributed by atoms with Gasteiger partial charge in [0, 0.05) is 0 Å². The van der Waals surface area contributed by atoms with Crippen LogP contribution in [0, 0.1) is 6.92 Å². The molecule has 1 unspecified atom stereocenters. The summed E-state index contributed by atoms with van der Waals surface area (Å²) in [5.41, 5.74) is 4.27. The van der Waals surface area contributed by atoms with Crippen molar-refractivity contribution in [2.45, 2.75) is 19.8 Å². The van der Waals surface area contributed by atoms with E-state index in [1.165, 1.54) is 20.9 Å². The van der Waals surface area contributed by atoms with Gasteiger partial charge in [-0.15, -0.1) is 0 Å². The number of allylic oxidation sites excluding steroid dienone is 1. The summed E-state index contributed by atoms with van der Waals surface area (Å²) in [5.74, 6) is 0.625. The number of hydrogen-bond acceptors (Lipinski definition) is 0. The molecule has 56 valence electrons. The van der Waals surface area contributed by atoms with E-state index in [9.17, 15) is 0 Å². The van der Waals surface area contributed by atoms with Crippen LogP contribution in [0.5, 0.6) is 0 Å². The first-order valence-corrected chi connectivity index (χ1v) is 4.47. The summed E-state index contributed by atoms with van der Waals surface area (Å²) in [6.45, 7) is 4.43. The van der Waals surface area contributed by atoms with Gasteiger partial charge in [-0.2, -0.15) is 0 Å². The van der Waals surface area contributed by atoms with Gasteiger partial charge < -0.3 is 0 Å². The SMILES string of the molecule is [Li][C]1=Cc2ccc(C)cc2C1C. The predicted octanol–water partition coefficient (Wildman–Crippen LogP) is 2.62. The van der Waals surface area contributed by atoms with Gasteiger partial charge in [-0.25, -0.2) is 0 Å². The minimum absolute atomic E-state index is 0.625. The molecule has 0 heterocycles. The van der Waals surface area contributed by atoms with Gasteiger partial charge in [0.1, 0.15) is 0 Å². The fourth-order valence-electron chi connectivity index (χ4n) is 1.82. The Kier molecular flexibility index (Phi) is 1.91. The van der Waals surface area contributed by atoms with Gasteiger partial charge in [-0.3, -0.25) is 0 Å². The summed E-state index contributed by atoms with van der Waals surface area (Å²) in [5, 5.41) is 0. The molecule has 1 aromatic carbocycles. The Bertz CT molecular complexity index is 350. The standard InChI is InChI=1S/C11H11.Li/c1-8-3-5-10-6-4-9(2)11(10)7-8;/h3,5-7,9H,1-2H3;. The van der Waals surface area contributed by atoms with E-state index >= 15 is 0 Å². The number of aryl methyl sites for hydroxylation is 1. The zero-order valence-electron chi connectivity index (χ0n) is 7.89. The van der Waals surface area contributed by atoms with Crippen molar-refractivity contribution in [3.8, 4) is 0 Å². The molecule has 1 aliphatic rings. The van der Waals surface area contributed by atoms with Crippen molar-refractivity contribution in [2.24, 2.45) is 0 Å². The number of benzene rings is 1. The predicted molar refractivity (Wildman–Crippen MR) is 53.3 cm³/mol. The van der Waals surface area contributed by atoms with Crippen LogP contribution >= 0.6 is 0 Å². The first-order valence-electron chi connectivity index (χ1n) is 4.47. The van der Waals surface area contributed by atoms with E-state index in [0.717, 1.165) is 0 Å². The molecule has 0 radical (unpaired) electrons. The molecule has 0 amide bonds. The van der Waals surface area contributed by atoms with E-state index < -0.39 is 0 Å². The van der Waals surface area contributed by atoms with Crippen LogP contribution in [0.1, 0.15) is 29.5 Å². The van der Waals surface area contributed by atoms with Crippen LogP contribution in [0.3, 0.4) is 0 Å². The molecule has 1 atom stereocenters. The fraction of sp³-hybridized carbons (Fsp3) is 0.273. The van der Waals surface area contributed by atoms with E-state index in [4.69, 9.17) is 0 Å². The summed E-state index contributed by atoms with van der Waals surface area (Å²) < 4.78 is 1.48. The first-order chi connectivity index (χ1) is 5.68. The van der Waals surface area contributed by atoms with Crippen molar-refractivity contribution >= 4 is 23.8 Å². The van der Waals surface area contributed by atoms with Gasteiger partial charge in [0.05, 0.1) is 0 Å². The zero-order valence-corrected chi connectivity index (χ0v) is 7.89. The normalized spacial score (nSPS) is 20.7. The summed E-state index contributed by atoms with van der Waals surface area (Å²) in [4.78, 5) is 0. The summed E-state index contributed by atoms with van der Waals surface area (Å²) >= 11 is 2.21. The Labute approximate surface area is 82.9 Å². The molecule has 0 saturated carbocycles. The van der Waals surface area contributed by atoms with E-state index in [0.29, 0.717) is 5.92 Å². The molecule has 0 fully saturated rings. The second-order valence-electron chi connectivity index (χ2n) is 3.74. The van der Waals surface area contributed by atoms with Crippen LogP contribution in [0.25, 0.3) is 6.08 Å². The molecule has 0 N–H and O–H groups in total. The van der Waals surface area contributed by atoms with Crippen LogP contribution < -0.4 is 0 Å². The molecule has 0 aliphatic heterocycles. The van der Waals surface area contributed by atoms with Crippen LogP contribution in [0.2, 0.25) is 0 Å². The Morgan fingerprint density at radius 1 is 1.33 bits per heavy atom. The van der Waals surface area contributed by atoms with E-state index in [2.05, 4.69) is 55.8 Å². The van der Waals surface area contributed by atoms with Crippen LogP contribution in [-0.2, 0) is 0 Å². The van der Waals surface area contributed by atoms with Gasteiger partial charge in [0.2, 0.25) is 0 Å². The second kappa shape index (κ2) is 2.80. The van der Waals surface area contributed by atoms with Crippen molar-refractivity contribution in [1.29, 1.82) is 0 Å². The average molecular weight is 150 g/mol. The third kappa shape index (κ3) is 1.16. The van der Waals surface area contributed by atoms with Crippen molar-refractivity contribution < 1.29 is 0 Å².